The Bertz CT molecular complexity index is 511. The maximum atomic E-state index is 14.1. The van der Waals surface area contributed by atoms with Crippen molar-refractivity contribution in [3.8, 4) is 0 Å². The van der Waals surface area contributed by atoms with Gasteiger partial charge < -0.3 is 4.57 Å². The summed E-state index contributed by atoms with van der Waals surface area (Å²) in [5, 5.41) is 2.40. The predicted molar refractivity (Wildman–Crippen MR) is 87.1 cm³/mol. The van der Waals surface area contributed by atoms with Gasteiger partial charge in [0.05, 0.1) is 0 Å². The highest BCUT2D eigenvalue weighted by atomic mass is 31.2. The third-order valence-corrected chi connectivity index (χ3v) is 8.79. The summed E-state index contributed by atoms with van der Waals surface area (Å²) in [5.74, 6) is 0. The first-order valence-corrected chi connectivity index (χ1v) is 9.94. The molecule has 20 heavy (non-hydrogen) atoms. The molecule has 2 heteroatoms. The van der Waals surface area contributed by atoms with Crippen molar-refractivity contribution in [2.24, 2.45) is 0 Å². The van der Waals surface area contributed by atoms with Gasteiger partial charge in [0.1, 0.15) is 7.14 Å². The average molecular weight is 288 g/mol. The minimum atomic E-state index is -2.36. The molecule has 0 heterocycles. The van der Waals surface area contributed by atoms with Crippen molar-refractivity contribution in [1.29, 1.82) is 0 Å². The quantitative estimate of drug-likeness (QED) is 0.674. The summed E-state index contributed by atoms with van der Waals surface area (Å²) in [7, 11) is -2.36. The van der Waals surface area contributed by atoms with Gasteiger partial charge in [-0.25, -0.2) is 0 Å². The fourth-order valence-corrected chi connectivity index (χ4v) is 7.65. The number of hydrogen-bond acceptors (Lipinski definition) is 1. The minimum absolute atomic E-state index is 0.406. The van der Waals surface area contributed by atoms with Gasteiger partial charge in [0.15, 0.2) is 0 Å². The van der Waals surface area contributed by atoms with Crippen molar-refractivity contribution in [2.45, 2.75) is 63.4 Å². The minimum Gasteiger partial charge on any atom is -0.314 e. The van der Waals surface area contributed by atoms with E-state index in [0.717, 1.165) is 31.0 Å². The molecular weight excluding hydrogens is 263 g/mol. The molecule has 108 valence electrons. The summed E-state index contributed by atoms with van der Waals surface area (Å²) in [4.78, 5) is 0. The molecule has 0 N–H and O–H groups in total. The molecular formula is C18H25OP. The molecule has 0 aromatic heterocycles. The molecule has 1 aromatic rings. The largest absolute Gasteiger partial charge is 0.314 e. The maximum absolute atomic E-state index is 14.1. The highest BCUT2D eigenvalue weighted by molar-refractivity contribution is 7.76. The molecule has 1 saturated carbocycles. The fourth-order valence-electron chi connectivity index (χ4n) is 3.83. The summed E-state index contributed by atoms with van der Waals surface area (Å²) >= 11 is 0. The molecule has 3 rings (SSSR count). The van der Waals surface area contributed by atoms with E-state index in [1.807, 2.05) is 18.2 Å². The Hall–Kier alpha value is -0.810. The van der Waals surface area contributed by atoms with E-state index in [9.17, 15) is 4.57 Å². The van der Waals surface area contributed by atoms with Crippen molar-refractivity contribution in [3.05, 3.63) is 41.7 Å². The normalized spacial score (nSPS) is 23.9. The lowest BCUT2D eigenvalue weighted by Gasteiger charge is -2.34. The number of rotatable bonds is 3. The molecule has 0 saturated heterocycles. The van der Waals surface area contributed by atoms with Crippen LogP contribution in [0.2, 0.25) is 0 Å². The van der Waals surface area contributed by atoms with E-state index in [0.29, 0.717) is 5.66 Å². The third kappa shape index (κ3) is 2.66. The van der Waals surface area contributed by atoms with Crippen molar-refractivity contribution in [1.82, 2.24) is 0 Å². The zero-order valence-corrected chi connectivity index (χ0v) is 13.2. The summed E-state index contributed by atoms with van der Waals surface area (Å²) in [5.41, 5.74) is 0.406. The molecule has 1 atom stereocenters. The lowest BCUT2D eigenvalue weighted by atomic mass is 10.0. The molecule has 0 bridgehead atoms. The van der Waals surface area contributed by atoms with Crippen molar-refractivity contribution >= 4 is 12.4 Å². The first-order chi connectivity index (χ1) is 9.82. The van der Waals surface area contributed by atoms with Crippen LogP contribution in [0.25, 0.3) is 0 Å². The van der Waals surface area contributed by atoms with Crippen molar-refractivity contribution in [2.75, 3.05) is 0 Å². The highest BCUT2D eigenvalue weighted by Gasteiger charge is 2.38. The molecule has 1 aromatic carbocycles. The van der Waals surface area contributed by atoms with Crippen LogP contribution < -0.4 is 5.30 Å². The van der Waals surface area contributed by atoms with Gasteiger partial charge in [-0.15, -0.1) is 0 Å². The molecule has 2 aliphatic rings. The van der Waals surface area contributed by atoms with Crippen LogP contribution in [0.3, 0.4) is 0 Å². The lowest BCUT2D eigenvalue weighted by Crippen LogP contribution is -2.22. The van der Waals surface area contributed by atoms with Crippen molar-refractivity contribution in [3.63, 3.8) is 0 Å². The summed E-state index contributed by atoms with van der Waals surface area (Å²) < 4.78 is 14.1. The van der Waals surface area contributed by atoms with Crippen LogP contribution in [0.1, 0.15) is 57.8 Å². The highest BCUT2D eigenvalue weighted by Crippen LogP contribution is 2.62. The van der Waals surface area contributed by atoms with Gasteiger partial charge >= 0.3 is 0 Å². The molecule has 1 fully saturated rings. The summed E-state index contributed by atoms with van der Waals surface area (Å²) in [6.45, 7) is 0. The Morgan fingerprint density at radius 1 is 0.900 bits per heavy atom. The van der Waals surface area contributed by atoms with Gasteiger partial charge in [-0.05, 0) is 43.8 Å². The third-order valence-electron chi connectivity index (χ3n) is 4.92. The number of allylic oxidation sites excluding steroid dienone is 2. The van der Waals surface area contributed by atoms with Gasteiger partial charge in [0.2, 0.25) is 0 Å². The van der Waals surface area contributed by atoms with Gasteiger partial charge in [-0.2, -0.15) is 0 Å². The first-order valence-electron chi connectivity index (χ1n) is 8.17. The standard InChI is InChI=1S/C18H25OP/c19-20(16-10-4-1-5-11-16,17-12-6-2-7-13-17)18-14-8-3-9-15-18/h1,4-5,10-12,18H,2-3,6-9,13-15H2. The smallest absolute Gasteiger partial charge is 0.142 e. The Labute approximate surface area is 122 Å². The molecule has 1 nitrogen and oxygen atoms in total. The molecule has 1 unspecified atom stereocenters. The SMILES string of the molecule is O=P(C1=CCCCC1)(c1ccccc1)C1CCCCC1. The number of hydrogen-bond donors (Lipinski definition) is 0. The zero-order valence-electron chi connectivity index (χ0n) is 12.3. The Morgan fingerprint density at radius 3 is 2.30 bits per heavy atom. The molecule has 0 amide bonds. The molecule has 0 spiro atoms. The van der Waals surface area contributed by atoms with E-state index in [-0.39, 0.29) is 0 Å². The lowest BCUT2D eigenvalue weighted by molar-refractivity contribution is 0.487. The van der Waals surface area contributed by atoms with E-state index >= 15 is 0 Å². The predicted octanol–water partition coefficient (Wildman–Crippen LogP) is 5.47. The van der Waals surface area contributed by atoms with Crippen molar-refractivity contribution < 1.29 is 4.57 Å². The molecule has 0 radical (unpaired) electrons. The van der Waals surface area contributed by atoms with Crippen LogP contribution in [0, 0.1) is 0 Å². The van der Waals surface area contributed by atoms with E-state index < -0.39 is 7.14 Å². The van der Waals surface area contributed by atoms with Crippen LogP contribution in [-0.2, 0) is 4.57 Å². The second kappa shape index (κ2) is 6.31. The number of benzene rings is 1. The van der Waals surface area contributed by atoms with Gasteiger partial charge in [0, 0.05) is 11.0 Å². The van der Waals surface area contributed by atoms with Crippen LogP contribution >= 0.6 is 7.14 Å². The second-order valence-corrected chi connectivity index (χ2v) is 9.36. The van der Waals surface area contributed by atoms with Gasteiger partial charge in [-0.1, -0.05) is 55.7 Å². The molecule has 0 aliphatic heterocycles. The van der Waals surface area contributed by atoms with Gasteiger partial charge in [-0.3, -0.25) is 0 Å². The van der Waals surface area contributed by atoms with E-state index in [1.54, 1.807) is 0 Å². The van der Waals surface area contributed by atoms with E-state index in [1.165, 1.54) is 37.4 Å². The summed E-state index contributed by atoms with van der Waals surface area (Å²) in [6, 6.07) is 10.3. The second-order valence-electron chi connectivity index (χ2n) is 6.23. The molecule has 2 aliphatic carbocycles. The Morgan fingerprint density at radius 2 is 1.65 bits per heavy atom. The van der Waals surface area contributed by atoms with E-state index in [4.69, 9.17) is 0 Å². The summed E-state index contributed by atoms with van der Waals surface area (Å²) in [6.07, 6.45) is 13.1. The Balaban J connectivity index is 2.02. The van der Waals surface area contributed by atoms with E-state index in [2.05, 4.69) is 18.2 Å². The van der Waals surface area contributed by atoms with Crippen LogP contribution in [0.4, 0.5) is 0 Å². The zero-order chi connectivity index (χ0) is 13.8. The fraction of sp³-hybridized carbons (Fsp3) is 0.556. The topological polar surface area (TPSA) is 17.1 Å². The van der Waals surface area contributed by atoms with Crippen LogP contribution in [0.15, 0.2) is 41.7 Å². The Kier molecular flexibility index (Phi) is 4.46. The average Bonchev–Trinajstić information content (AvgIpc) is 2.56. The monoisotopic (exact) mass is 288 g/mol. The first kappa shape index (κ1) is 14.1. The van der Waals surface area contributed by atoms with Crippen LogP contribution in [0.5, 0.6) is 0 Å². The maximum Gasteiger partial charge on any atom is 0.142 e. The van der Waals surface area contributed by atoms with Gasteiger partial charge in [0.25, 0.3) is 0 Å². The van der Waals surface area contributed by atoms with Crippen LogP contribution in [-0.4, -0.2) is 5.66 Å².